The molecule has 0 unspecified atom stereocenters. The molecule has 96 valence electrons. The van der Waals surface area contributed by atoms with E-state index in [1.165, 1.54) is 6.07 Å². The van der Waals surface area contributed by atoms with Crippen molar-refractivity contribution in [1.29, 1.82) is 5.26 Å². The molecule has 0 aliphatic heterocycles. The first-order chi connectivity index (χ1) is 9.22. The summed E-state index contributed by atoms with van der Waals surface area (Å²) in [6, 6.07) is 14.4. The summed E-state index contributed by atoms with van der Waals surface area (Å²) in [4.78, 5) is 0. The van der Waals surface area contributed by atoms with Gasteiger partial charge in [-0.2, -0.15) is 5.26 Å². The minimum atomic E-state index is -0.195. The monoisotopic (exact) mass is 318 g/mol. The number of nitriles is 1. The molecule has 0 aliphatic rings. The predicted octanol–water partition coefficient (Wildman–Crippen LogP) is 4.11. The van der Waals surface area contributed by atoms with Crippen molar-refractivity contribution in [3.63, 3.8) is 0 Å². The van der Waals surface area contributed by atoms with Gasteiger partial charge in [0.1, 0.15) is 11.9 Å². The van der Waals surface area contributed by atoms with Gasteiger partial charge in [-0.05, 0) is 46.1 Å². The average Bonchev–Trinajstić information content (AvgIpc) is 2.41. The number of hydrogen-bond acceptors (Lipinski definition) is 2. The Morgan fingerprint density at radius 2 is 1.95 bits per heavy atom. The van der Waals surface area contributed by atoms with Crippen molar-refractivity contribution >= 4 is 21.6 Å². The van der Waals surface area contributed by atoms with Gasteiger partial charge in [0, 0.05) is 11.0 Å². The SMILES string of the molecule is N#Cc1c(Br)cccc1NCCc1ccccc1F. The van der Waals surface area contributed by atoms with E-state index in [-0.39, 0.29) is 5.82 Å². The van der Waals surface area contributed by atoms with E-state index in [0.29, 0.717) is 24.1 Å². The van der Waals surface area contributed by atoms with E-state index in [9.17, 15) is 4.39 Å². The quantitative estimate of drug-likeness (QED) is 0.920. The number of nitrogens with one attached hydrogen (secondary N) is 1. The molecule has 0 amide bonds. The highest BCUT2D eigenvalue weighted by atomic mass is 79.9. The fraction of sp³-hybridized carbons (Fsp3) is 0.133. The third-order valence-electron chi connectivity index (χ3n) is 2.79. The van der Waals surface area contributed by atoms with Crippen molar-refractivity contribution < 1.29 is 4.39 Å². The van der Waals surface area contributed by atoms with Crippen LogP contribution in [0.25, 0.3) is 0 Å². The molecule has 0 aliphatic carbocycles. The lowest BCUT2D eigenvalue weighted by atomic mass is 10.1. The third kappa shape index (κ3) is 3.33. The maximum atomic E-state index is 13.4. The molecule has 2 aromatic carbocycles. The van der Waals surface area contributed by atoms with E-state index < -0.39 is 0 Å². The zero-order valence-corrected chi connectivity index (χ0v) is 11.7. The van der Waals surface area contributed by atoms with Gasteiger partial charge in [0.05, 0.1) is 11.3 Å². The predicted molar refractivity (Wildman–Crippen MR) is 77.5 cm³/mol. The van der Waals surface area contributed by atoms with Gasteiger partial charge < -0.3 is 5.32 Å². The number of nitrogens with zero attached hydrogens (tertiary/aromatic N) is 1. The Hall–Kier alpha value is -1.86. The summed E-state index contributed by atoms with van der Waals surface area (Å²) in [7, 11) is 0. The molecular weight excluding hydrogens is 307 g/mol. The summed E-state index contributed by atoms with van der Waals surface area (Å²) >= 11 is 3.33. The van der Waals surface area contributed by atoms with Crippen molar-refractivity contribution in [1.82, 2.24) is 0 Å². The normalized spacial score (nSPS) is 9.95. The van der Waals surface area contributed by atoms with Crippen LogP contribution in [-0.2, 0) is 6.42 Å². The van der Waals surface area contributed by atoms with Gasteiger partial charge >= 0.3 is 0 Å². The number of anilines is 1. The van der Waals surface area contributed by atoms with Gasteiger partial charge in [0.2, 0.25) is 0 Å². The molecule has 2 nitrogen and oxygen atoms in total. The van der Waals surface area contributed by atoms with E-state index in [1.807, 2.05) is 24.3 Å². The van der Waals surface area contributed by atoms with Crippen LogP contribution in [0.5, 0.6) is 0 Å². The van der Waals surface area contributed by atoms with Gasteiger partial charge in [-0.3, -0.25) is 0 Å². The van der Waals surface area contributed by atoms with Gasteiger partial charge in [0.15, 0.2) is 0 Å². The van der Waals surface area contributed by atoms with Crippen molar-refractivity contribution in [2.75, 3.05) is 11.9 Å². The third-order valence-corrected chi connectivity index (χ3v) is 3.45. The van der Waals surface area contributed by atoms with Crippen molar-refractivity contribution in [3.8, 4) is 6.07 Å². The van der Waals surface area contributed by atoms with Crippen LogP contribution < -0.4 is 5.32 Å². The summed E-state index contributed by atoms with van der Waals surface area (Å²) in [6.07, 6.45) is 0.573. The summed E-state index contributed by atoms with van der Waals surface area (Å²) in [5.41, 5.74) is 1.99. The largest absolute Gasteiger partial charge is 0.384 e. The Balaban J connectivity index is 2.03. The molecule has 19 heavy (non-hydrogen) atoms. The summed E-state index contributed by atoms with van der Waals surface area (Å²) < 4.78 is 14.2. The molecule has 0 atom stereocenters. The molecule has 0 heterocycles. The van der Waals surface area contributed by atoms with Gasteiger partial charge in [0.25, 0.3) is 0 Å². The number of halogens is 2. The van der Waals surface area contributed by atoms with Crippen molar-refractivity contribution in [3.05, 3.63) is 63.9 Å². The molecular formula is C15H12BrFN2. The molecule has 1 N–H and O–H groups in total. The van der Waals surface area contributed by atoms with Crippen LogP contribution in [0.3, 0.4) is 0 Å². The fourth-order valence-corrected chi connectivity index (χ4v) is 2.27. The molecule has 0 radical (unpaired) electrons. The maximum Gasteiger partial charge on any atom is 0.126 e. The standard InChI is InChI=1S/C15H12BrFN2/c16-13-5-3-7-15(12(13)10-18)19-9-8-11-4-1-2-6-14(11)17/h1-7,19H,8-9H2. The Morgan fingerprint density at radius 3 is 2.68 bits per heavy atom. The van der Waals surface area contributed by atoms with E-state index in [2.05, 4.69) is 27.3 Å². The minimum Gasteiger partial charge on any atom is -0.384 e. The number of hydrogen-bond donors (Lipinski definition) is 1. The molecule has 0 spiro atoms. The Kier molecular flexibility index (Phi) is 4.53. The molecule has 0 aromatic heterocycles. The molecule has 2 rings (SSSR count). The van der Waals surface area contributed by atoms with Crippen LogP contribution in [0.2, 0.25) is 0 Å². The molecule has 0 saturated carbocycles. The lowest BCUT2D eigenvalue weighted by Crippen LogP contribution is -2.07. The summed E-state index contributed by atoms with van der Waals surface area (Å²) in [5, 5.41) is 12.2. The average molecular weight is 319 g/mol. The molecule has 0 saturated heterocycles. The van der Waals surface area contributed by atoms with Crippen LogP contribution in [-0.4, -0.2) is 6.54 Å². The Labute approximate surface area is 120 Å². The van der Waals surface area contributed by atoms with Gasteiger partial charge in [-0.1, -0.05) is 24.3 Å². The van der Waals surface area contributed by atoms with E-state index >= 15 is 0 Å². The summed E-state index contributed by atoms with van der Waals surface area (Å²) in [5.74, 6) is -0.195. The highest BCUT2D eigenvalue weighted by molar-refractivity contribution is 9.10. The minimum absolute atomic E-state index is 0.195. The fourth-order valence-electron chi connectivity index (χ4n) is 1.82. The van der Waals surface area contributed by atoms with Crippen LogP contribution >= 0.6 is 15.9 Å². The molecule has 0 fully saturated rings. The van der Waals surface area contributed by atoms with Gasteiger partial charge in [-0.15, -0.1) is 0 Å². The topological polar surface area (TPSA) is 35.8 Å². The summed E-state index contributed by atoms with van der Waals surface area (Å²) in [6.45, 7) is 0.575. The zero-order chi connectivity index (χ0) is 13.7. The maximum absolute atomic E-state index is 13.4. The van der Waals surface area contributed by atoms with Crippen LogP contribution in [0, 0.1) is 17.1 Å². The second kappa shape index (κ2) is 6.35. The van der Waals surface area contributed by atoms with E-state index in [4.69, 9.17) is 5.26 Å². The molecule has 0 bridgehead atoms. The lowest BCUT2D eigenvalue weighted by Gasteiger charge is -2.09. The van der Waals surface area contributed by atoms with Crippen LogP contribution in [0.1, 0.15) is 11.1 Å². The van der Waals surface area contributed by atoms with Gasteiger partial charge in [-0.25, -0.2) is 4.39 Å². The van der Waals surface area contributed by atoms with Crippen LogP contribution in [0.4, 0.5) is 10.1 Å². The first-order valence-corrected chi connectivity index (χ1v) is 6.67. The Bertz CT molecular complexity index is 620. The zero-order valence-electron chi connectivity index (χ0n) is 10.2. The van der Waals surface area contributed by atoms with E-state index in [1.54, 1.807) is 12.1 Å². The lowest BCUT2D eigenvalue weighted by molar-refractivity contribution is 0.610. The molecule has 4 heteroatoms. The second-order valence-corrected chi connectivity index (χ2v) is 4.90. The highest BCUT2D eigenvalue weighted by Crippen LogP contribution is 2.23. The van der Waals surface area contributed by atoms with E-state index in [0.717, 1.165) is 10.2 Å². The molecule has 2 aromatic rings. The van der Waals surface area contributed by atoms with Crippen LogP contribution in [0.15, 0.2) is 46.9 Å². The second-order valence-electron chi connectivity index (χ2n) is 4.04. The smallest absolute Gasteiger partial charge is 0.126 e. The van der Waals surface area contributed by atoms with Crippen molar-refractivity contribution in [2.24, 2.45) is 0 Å². The highest BCUT2D eigenvalue weighted by Gasteiger charge is 2.06. The van der Waals surface area contributed by atoms with Crippen molar-refractivity contribution in [2.45, 2.75) is 6.42 Å². The number of rotatable bonds is 4. The first kappa shape index (κ1) is 13.6. The number of benzene rings is 2. The Morgan fingerprint density at radius 1 is 1.16 bits per heavy atom. The first-order valence-electron chi connectivity index (χ1n) is 5.88.